The molecule has 0 atom stereocenters. The fourth-order valence-electron chi connectivity index (χ4n) is 1.59. The van der Waals surface area contributed by atoms with Gasteiger partial charge in [-0.25, -0.2) is 13.2 Å². The molecule has 2 rings (SSSR count). The molecule has 20 heavy (non-hydrogen) atoms. The first-order chi connectivity index (χ1) is 9.38. The zero-order valence-electron chi connectivity index (χ0n) is 9.88. The van der Waals surface area contributed by atoms with E-state index in [4.69, 9.17) is 18.0 Å². The quantitative estimate of drug-likeness (QED) is 0.634. The topological polar surface area (TPSA) is 38.0 Å². The summed E-state index contributed by atoms with van der Waals surface area (Å²) < 4.78 is 40.1. The van der Waals surface area contributed by atoms with Crippen molar-refractivity contribution in [1.82, 2.24) is 0 Å². The summed E-state index contributed by atoms with van der Waals surface area (Å²) in [5.41, 5.74) is 6.07. The number of benzene rings is 2. The lowest BCUT2D eigenvalue weighted by atomic mass is 10.1. The largest absolute Gasteiger partial charge is 0.389 e. The van der Waals surface area contributed by atoms with Gasteiger partial charge < -0.3 is 11.1 Å². The molecule has 2 aromatic carbocycles. The van der Waals surface area contributed by atoms with Crippen LogP contribution < -0.4 is 11.1 Å². The normalized spacial score (nSPS) is 10.4. The highest BCUT2D eigenvalue weighted by molar-refractivity contribution is 9.10. The summed E-state index contributed by atoms with van der Waals surface area (Å²) in [6.45, 7) is 0. The highest BCUT2D eigenvalue weighted by Crippen LogP contribution is 2.28. The van der Waals surface area contributed by atoms with E-state index in [1.54, 1.807) is 0 Å². The second-order valence-electron chi connectivity index (χ2n) is 3.93. The molecule has 2 aromatic rings. The van der Waals surface area contributed by atoms with Crippen molar-refractivity contribution < 1.29 is 13.2 Å². The predicted molar refractivity (Wildman–Crippen MR) is 79.6 cm³/mol. The molecule has 0 saturated carbocycles. The first kappa shape index (κ1) is 14.8. The third-order valence-electron chi connectivity index (χ3n) is 2.53. The number of rotatable bonds is 3. The first-order valence-corrected chi connectivity index (χ1v) is 6.59. The van der Waals surface area contributed by atoms with Crippen molar-refractivity contribution in [1.29, 1.82) is 0 Å². The van der Waals surface area contributed by atoms with Gasteiger partial charge in [-0.15, -0.1) is 0 Å². The lowest BCUT2D eigenvalue weighted by Crippen LogP contribution is -2.12. The minimum Gasteiger partial charge on any atom is -0.389 e. The van der Waals surface area contributed by atoms with E-state index >= 15 is 0 Å². The Labute approximate surface area is 126 Å². The Balaban J connectivity index is 2.45. The molecule has 0 aromatic heterocycles. The van der Waals surface area contributed by atoms with Crippen LogP contribution in [0.3, 0.4) is 0 Å². The monoisotopic (exact) mass is 360 g/mol. The number of hydrogen-bond acceptors (Lipinski definition) is 2. The molecule has 0 radical (unpaired) electrons. The van der Waals surface area contributed by atoms with Crippen LogP contribution in [0, 0.1) is 17.5 Å². The van der Waals surface area contributed by atoms with Crippen LogP contribution in [-0.4, -0.2) is 4.99 Å². The Morgan fingerprint density at radius 2 is 1.75 bits per heavy atom. The average molecular weight is 361 g/mol. The summed E-state index contributed by atoms with van der Waals surface area (Å²) in [5, 5.41) is 2.71. The van der Waals surface area contributed by atoms with E-state index in [-0.39, 0.29) is 20.7 Å². The summed E-state index contributed by atoms with van der Waals surface area (Å²) in [6, 6.07) is 5.66. The SMILES string of the molecule is NC(=S)c1cc(F)ccc1Nc1cc(Br)c(F)cc1F. The highest BCUT2D eigenvalue weighted by Gasteiger charge is 2.12. The maximum absolute atomic E-state index is 13.7. The smallest absolute Gasteiger partial charge is 0.149 e. The Kier molecular flexibility index (Phi) is 4.29. The van der Waals surface area contributed by atoms with E-state index in [0.717, 1.165) is 12.1 Å². The summed E-state index contributed by atoms with van der Waals surface area (Å²) >= 11 is 7.77. The molecule has 0 unspecified atom stereocenters. The van der Waals surface area contributed by atoms with Crippen LogP contribution in [0.2, 0.25) is 0 Å². The lowest BCUT2D eigenvalue weighted by molar-refractivity contribution is 0.581. The molecule has 3 N–H and O–H groups in total. The number of thiocarbonyl (C=S) groups is 1. The maximum Gasteiger partial charge on any atom is 0.149 e. The zero-order valence-corrected chi connectivity index (χ0v) is 12.3. The van der Waals surface area contributed by atoms with E-state index in [0.29, 0.717) is 5.69 Å². The van der Waals surface area contributed by atoms with Crippen LogP contribution in [0.5, 0.6) is 0 Å². The number of nitrogens with one attached hydrogen (secondary N) is 1. The lowest BCUT2D eigenvalue weighted by Gasteiger charge is -2.12. The average Bonchev–Trinajstić information content (AvgIpc) is 2.37. The molecule has 104 valence electrons. The Morgan fingerprint density at radius 3 is 2.40 bits per heavy atom. The molecule has 0 heterocycles. The van der Waals surface area contributed by atoms with Crippen LogP contribution in [0.25, 0.3) is 0 Å². The molecule has 7 heteroatoms. The van der Waals surface area contributed by atoms with Crippen LogP contribution in [0.1, 0.15) is 5.56 Å². The second-order valence-corrected chi connectivity index (χ2v) is 5.22. The molecule has 2 nitrogen and oxygen atoms in total. The van der Waals surface area contributed by atoms with Crippen molar-refractivity contribution in [3.63, 3.8) is 0 Å². The van der Waals surface area contributed by atoms with Gasteiger partial charge in [0.15, 0.2) is 0 Å². The molecule has 0 fully saturated rings. The van der Waals surface area contributed by atoms with Crippen molar-refractivity contribution in [2.24, 2.45) is 5.73 Å². The van der Waals surface area contributed by atoms with Crippen molar-refractivity contribution in [2.75, 3.05) is 5.32 Å². The fraction of sp³-hybridized carbons (Fsp3) is 0. The third-order valence-corrected chi connectivity index (χ3v) is 3.35. The second kappa shape index (κ2) is 5.80. The zero-order chi connectivity index (χ0) is 14.9. The fourth-order valence-corrected chi connectivity index (χ4v) is 2.11. The maximum atomic E-state index is 13.7. The third kappa shape index (κ3) is 3.10. The van der Waals surface area contributed by atoms with Crippen molar-refractivity contribution in [3.8, 4) is 0 Å². The van der Waals surface area contributed by atoms with Gasteiger partial charge >= 0.3 is 0 Å². The summed E-state index contributed by atoms with van der Waals surface area (Å²) in [5.74, 6) is -2.02. The van der Waals surface area contributed by atoms with Gasteiger partial charge in [-0.2, -0.15) is 0 Å². The highest BCUT2D eigenvalue weighted by atomic mass is 79.9. The van der Waals surface area contributed by atoms with Gasteiger partial charge in [0.05, 0.1) is 10.2 Å². The van der Waals surface area contributed by atoms with Crippen LogP contribution in [0.15, 0.2) is 34.8 Å². The summed E-state index contributed by atoms with van der Waals surface area (Å²) in [6.07, 6.45) is 0. The molecule has 0 bridgehead atoms. The number of nitrogens with two attached hydrogens (primary N) is 1. The van der Waals surface area contributed by atoms with E-state index < -0.39 is 17.5 Å². The minimum atomic E-state index is -0.788. The van der Waals surface area contributed by atoms with E-state index in [1.807, 2.05) is 0 Å². The molecule has 0 saturated heterocycles. The van der Waals surface area contributed by atoms with Crippen LogP contribution in [-0.2, 0) is 0 Å². The molecule has 0 amide bonds. The van der Waals surface area contributed by atoms with Gasteiger partial charge in [-0.05, 0) is 40.2 Å². The van der Waals surface area contributed by atoms with Crippen LogP contribution >= 0.6 is 28.1 Å². The summed E-state index contributed by atoms with van der Waals surface area (Å²) in [7, 11) is 0. The molecular formula is C13H8BrF3N2S. The Hall–Kier alpha value is -1.60. The van der Waals surface area contributed by atoms with Gasteiger partial charge in [0.2, 0.25) is 0 Å². The van der Waals surface area contributed by atoms with Gasteiger partial charge in [0, 0.05) is 17.3 Å². The van der Waals surface area contributed by atoms with Crippen molar-refractivity contribution in [2.45, 2.75) is 0 Å². The standard InChI is InChI=1S/C13H8BrF3N2S/c14-8-4-12(10(17)5-9(8)16)19-11-2-1-6(15)3-7(11)13(18)20/h1-5,19H,(H2,18,20). The molecular weight excluding hydrogens is 353 g/mol. The first-order valence-electron chi connectivity index (χ1n) is 5.39. The van der Waals surface area contributed by atoms with E-state index in [1.165, 1.54) is 18.2 Å². The number of anilines is 2. The van der Waals surface area contributed by atoms with Crippen molar-refractivity contribution >= 4 is 44.5 Å². The van der Waals surface area contributed by atoms with Crippen molar-refractivity contribution in [3.05, 3.63) is 57.8 Å². The number of hydrogen-bond donors (Lipinski definition) is 2. The number of halogens is 4. The molecule has 0 aliphatic rings. The minimum absolute atomic E-state index is 0.0161. The molecule has 0 aliphatic carbocycles. The Morgan fingerprint density at radius 1 is 1.05 bits per heavy atom. The van der Waals surface area contributed by atoms with E-state index in [2.05, 4.69) is 21.2 Å². The van der Waals surface area contributed by atoms with Crippen LogP contribution in [0.4, 0.5) is 24.5 Å². The molecule has 0 spiro atoms. The Bertz CT molecular complexity index is 692. The van der Waals surface area contributed by atoms with Gasteiger partial charge in [-0.1, -0.05) is 12.2 Å². The summed E-state index contributed by atoms with van der Waals surface area (Å²) in [4.78, 5) is -0.0337. The van der Waals surface area contributed by atoms with Gasteiger partial charge in [0.1, 0.15) is 22.4 Å². The van der Waals surface area contributed by atoms with Gasteiger partial charge in [-0.3, -0.25) is 0 Å². The van der Waals surface area contributed by atoms with E-state index in [9.17, 15) is 13.2 Å². The van der Waals surface area contributed by atoms with Gasteiger partial charge in [0.25, 0.3) is 0 Å². The molecule has 0 aliphatic heterocycles. The predicted octanol–water partition coefficient (Wildman–Crippen LogP) is 4.24.